The molecule has 2 aromatic carbocycles. The van der Waals surface area contributed by atoms with Crippen molar-refractivity contribution in [1.29, 1.82) is 0 Å². The fourth-order valence-corrected chi connectivity index (χ4v) is 3.36. The summed E-state index contributed by atoms with van der Waals surface area (Å²) < 4.78 is 14.6. The number of hydrogen-bond acceptors (Lipinski definition) is 2. The zero-order chi connectivity index (χ0) is 17.3. The van der Waals surface area contributed by atoms with E-state index in [2.05, 4.69) is 0 Å². The third-order valence-electron chi connectivity index (χ3n) is 4.84. The Morgan fingerprint density at radius 2 is 1.84 bits per heavy atom. The van der Waals surface area contributed by atoms with Gasteiger partial charge in [-0.3, -0.25) is 4.79 Å². The molecule has 1 fully saturated rings. The van der Waals surface area contributed by atoms with Gasteiger partial charge in [-0.15, -0.1) is 12.4 Å². The second-order valence-corrected chi connectivity index (χ2v) is 6.70. The van der Waals surface area contributed by atoms with Gasteiger partial charge in [0.15, 0.2) is 0 Å². The van der Waals surface area contributed by atoms with E-state index in [4.69, 9.17) is 5.73 Å². The van der Waals surface area contributed by atoms with Gasteiger partial charge >= 0.3 is 0 Å². The zero-order valence-electron chi connectivity index (χ0n) is 14.5. The first-order chi connectivity index (χ1) is 11.5. The lowest BCUT2D eigenvalue weighted by atomic mass is 10.0. The Morgan fingerprint density at radius 3 is 2.40 bits per heavy atom. The number of halogens is 2. The summed E-state index contributed by atoms with van der Waals surface area (Å²) in [5.41, 5.74) is 8.72. The van der Waals surface area contributed by atoms with Crippen molar-refractivity contribution < 1.29 is 9.18 Å². The summed E-state index contributed by atoms with van der Waals surface area (Å²) in [6, 6.07) is 12.8. The number of carbonyl (C=O) groups excluding carboxylic acids is 1. The van der Waals surface area contributed by atoms with Gasteiger partial charge in [-0.1, -0.05) is 35.9 Å². The normalized spacial score (nSPS) is 19.6. The van der Waals surface area contributed by atoms with Gasteiger partial charge in [-0.2, -0.15) is 0 Å². The number of carbonyl (C=O) groups is 1. The van der Waals surface area contributed by atoms with Crippen LogP contribution in [0.1, 0.15) is 29.3 Å². The van der Waals surface area contributed by atoms with Crippen LogP contribution in [-0.4, -0.2) is 29.9 Å². The molecule has 0 bridgehead atoms. The number of aryl methyl sites for hydroxylation is 1. The topological polar surface area (TPSA) is 46.3 Å². The first-order valence-electron chi connectivity index (χ1n) is 8.37. The molecule has 0 spiro atoms. The molecule has 1 saturated heterocycles. The summed E-state index contributed by atoms with van der Waals surface area (Å²) in [5, 5.41) is 0. The molecule has 3 rings (SSSR count). The molecule has 2 unspecified atom stereocenters. The van der Waals surface area contributed by atoms with Gasteiger partial charge in [0.1, 0.15) is 5.82 Å². The minimum absolute atomic E-state index is 0. The van der Waals surface area contributed by atoms with E-state index < -0.39 is 5.82 Å². The number of likely N-dealkylation sites (tertiary alicyclic amines) is 1. The van der Waals surface area contributed by atoms with Crippen molar-refractivity contribution in [2.24, 2.45) is 11.7 Å². The molecular weight excluding hydrogens is 339 g/mol. The molecule has 2 aromatic rings. The maximum atomic E-state index is 14.6. The molecule has 1 aliphatic heterocycles. The van der Waals surface area contributed by atoms with Crippen LogP contribution in [-0.2, 0) is 0 Å². The van der Waals surface area contributed by atoms with Crippen LogP contribution in [0.2, 0.25) is 0 Å². The summed E-state index contributed by atoms with van der Waals surface area (Å²) in [7, 11) is 0. The lowest BCUT2D eigenvalue weighted by molar-refractivity contribution is 0.0739. The van der Waals surface area contributed by atoms with E-state index in [9.17, 15) is 9.18 Å². The molecule has 0 radical (unpaired) electrons. The third-order valence-corrected chi connectivity index (χ3v) is 4.84. The molecule has 2 N–H and O–H groups in total. The van der Waals surface area contributed by atoms with Crippen LogP contribution in [0.25, 0.3) is 11.1 Å². The van der Waals surface area contributed by atoms with Gasteiger partial charge in [-0.05, 0) is 56.0 Å². The Morgan fingerprint density at radius 1 is 1.20 bits per heavy atom. The van der Waals surface area contributed by atoms with E-state index >= 15 is 0 Å². The van der Waals surface area contributed by atoms with Gasteiger partial charge in [0, 0.05) is 12.6 Å². The standard InChI is InChI=1S/C20H23FN2O.ClH/c1-13-3-5-16(6-4-13)17-7-8-18(19(21)10-17)20(24)23-12-15(11-22)9-14(23)2;/h3-8,10,14-15H,9,11-12,22H2,1-2H3;1H. The monoisotopic (exact) mass is 362 g/mol. The van der Waals surface area contributed by atoms with Crippen molar-refractivity contribution >= 4 is 18.3 Å². The summed E-state index contributed by atoms with van der Waals surface area (Å²) in [6.07, 6.45) is 0.880. The second kappa shape index (κ2) is 7.98. The second-order valence-electron chi connectivity index (χ2n) is 6.70. The number of amides is 1. The average molecular weight is 363 g/mol. The number of benzene rings is 2. The Balaban J connectivity index is 0.00000225. The van der Waals surface area contributed by atoms with E-state index in [1.165, 1.54) is 6.07 Å². The molecule has 25 heavy (non-hydrogen) atoms. The van der Waals surface area contributed by atoms with E-state index in [1.54, 1.807) is 11.0 Å². The summed E-state index contributed by atoms with van der Waals surface area (Å²) in [5.74, 6) is -0.410. The molecule has 134 valence electrons. The fraction of sp³-hybridized carbons (Fsp3) is 0.350. The van der Waals surface area contributed by atoms with E-state index in [-0.39, 0.29) is 29.9 Å². The highest BCUT2D eigenvalue weighted by molar-refractivity contribution is 5.95. The molecule has 3 nitrogen and oxygen atoms in total. The lowest BCUT2D eigenvalue weighted by Gasteiger charge is -2.22. The lowest BCUT2D eigenvalue weighted by Crippen LogP contribution is -2.35. The van der Waals surface area contributed by atoms with Gasteiger partial charge in [0.2, 0.25) is 0 Å². The SMILES string of the molecule is Cc1ccc(-c2ccc(C(=O)N3CC(CN)CC3C)c(F)c2)cc1.Cl. The van der Waals surface area contributed by atoms with Gasteiger partial charge in [0.05, 0.1) is 5.56 Å². The smallest absolute Gasteiger partial charge is 0.257 e. The van der Waals surface area contributed by atoms with Gasteiger partial charge < -0.3 is 10.6 Å². The number of hydrogen-bond donors (Lipinski definition) is 1. The summed E-state index contributed by atoms with van der Waals surface area (Å²) in [4.78, 5) is 14.4. The van der Waals surface area contributed by atoms with Crippen LogP contribution in [0.5, 0.6) is 0 Å². The molecule has 2 atom stereocenters. The third kappa shape index (κ3) is 4.02. The highest BCUT2D eigenvalue weighted by Crippen LogP contribution is 2.27. The Bertz CT molecular complexity index is 748. The number of nitrogens with zero attached hydrogens (tertiary/aromatic N) is 1. The molecule has 0 aliphatic carbocycles. The summed E-state index contributed by atoms with van der Waals surface area (Å²) >= 11 is 0. The number of rotatable bonds is 3. The fourth-order valence-electron chi connectivity index (χ4n) is 3.36. The maximum Gasteiger partial charge on any atom is 0.257 e. The van der Waals surface area contributed by atoms with E-state index in [1.807, 2.05) is 44.2 Å². The zero-order valence-corrected chi connectivity index (χ0v) is 15.4. The van der Waals surface area contributed by atoms with Crippen LogP contribution in [0.3, 0.4) is 0 Å². The van der Waals surface area contributed by atoms with Crippen molar-refractivity contribution in [3.8, 4) is 11.1 Å². The first kappa shape index (κ1) is 19.4. The molecular formula is C20H24ClFN2O. The molecule has 5 heteroatoms. The molecule has 1 amide bonds. The predicted octanol–water partition coefficient (Wildman–Crippen LogP) is 4.03. The molecule has 1 heterocycles. The molecule has 0 aromatic heterocycles. The Labute approximate surface area is 154 Å². The van der Waals surface area contributed by atoms with Crippen molar-refractivity contribution in [2.75, 3.05) is 13.1 Å². The predicted molar refractivity (Wildman–Crippen MR) is 101 cm³/mol. The van der Waals surface area contributed by atoms with E-state index in [0.29, 0.717) is 19.0 Å². The van der Waals surface area contributed by atoms with Crippen LogP contribution in [0, 0.1) is 18.7 Å². The van der Waals surface area contributed by atoms with Crippen molar-refractivity contribution in [2.45, 2.75) is 26.3 Å². The molecule has 1 aliphatic rings. The van der Waals surface area contributed by atoms with Crippen molar-refractivity contribution in [3.05, 3.63) is 59.4 Å². The molecule has 0 saturated carbocycles. The van der Waals surface area contributed by atoms with Gasteiger partial charge in [0.25, 0.3) is 5.91 Å². The Kier molecular flexibility index (Phi) is 6.20. The van der Waals surface area contributed by atoms with Crippen LogP contribution < -0.4 is 5.73 Å². The highest BCUT2D eigenvalue weighted by Gasteiger charge is 2.33. The Hall–Kier alpha value is -1.91. The maximum absolute atomic E-state index is 14.6. The largest absolute Gasteiger partial charge is 0.336 e. The minimum atomic E-state index is -0.471. The van der Waals surface area contributed by atoms with Crippen LogP contribution >= 0.6 is 12.4 Å². The van der Waals surface area contributed by atoms with E-state index in [0.717, 1.165) is 23.1 Å². The summed E-state index contributed by atoms with van der Waals surface area (Å²) in [6.45, 7) is 5.17. The van der Waals surface area contributed by atoms with Gasteiger partial charge in [-0.25, -0.2) is 4.39 Å². The first-order valence-corrected chi connectivity index (χ1v) is 8.37. The quantitative estimate of drug-likeness (QED) is 0.895. The highest BCUT2D eigenvalue weighted by atomic mass is 35.5. The van der Waals surface area contributed by atoms with Crippen LogP contribution in [0.15, 0.2) is 42.5 Å². The number of nitrogens with two attached hydrogens (primary N) is 1. The van der Waals surface area contributed by atoms with Crippen LogP contribution in [0.4, 0.5) is 4.39 Å². The van der Waals surface area contributed by atoms with Crippen molar-refractivity contribution in [3.63, 3.8) is 0 Å². The average Bonchev–Trinajstić information content (AvgIpc) is 2.96. The minimum Gasteiger partial charge on any atom is -0.336 e. The van der Waals surface area contributed by atoms with Crippen molar-refractivity contribution in [1.82, 2.24) is 4.90 Å².